The number of rotatable bonds is 5. The lowest BCUT2D eigenvalue weighted by Crippen LogP contribution is -2.16. The summed E-state index contributed by atoms with van der Waals surface area (Å²) in [5, 5.41) is 0.354. The van der Waals surface area contributed by atoms with Gasteiger partial charge in [0.15, 0.2) is 4.80 Å². The lowest BCUT2D eigenvalue weighted by atomic mass is 10.2. The van der Waals surface area contributed by atoms with E-state index in [0.29, 0.717) is 34.1 Å². The van der Waals surface area contributed by atoms with Gasteiger partial charge in [0.2, 0.25) is 0 Å². The van der Waals surface area contributed by atoms with Crippen LogP contribution in [-0.4, -0.2) is 23.1 Å². The molecule has 0 radical (unpaired) electrons. The van der Waals surface area contributed by atoms with Gasteiger partial charge >= 0.3 is 5.97 Å². The zero-order chi connectivity index (χ0) is 19.4. The summed E-state index contributed by atoms with van der Waals surface area (Å²) in [6.07, 6.45) is 1.73. The van der Waals surface area contributed by atoms with Crippen LogP contribution in [0.15, 0.2) is 60.1 Å². The molecule has 0 unspecified atom stereocenters. The Hall–Kier alpha value is -2.70. The average molecular weight is 401 g/mol. The van der Waals surface area contributed by atoms with Crippen molar-refractivity contribution in [2.24, 2.45) is 4.99 Å². The van der Waals surface area contributed by atoms with Crippen molar-refractivity contribution in [1.29, 1.82) is 0 Å². The molecule has 1 heterocycles. The average Bonchev–Trinajstić information content (AvgIpc) is 2.99. The molecule has 0 saturated carbocycles. The van der Waals surface area contributed by atoms with E-state index in [1.54, 1.807) is 49.4 Å². The smallest absolute Gasteiger partial charge is 0.338 e. The van der Waals surface area contributed by atoms with E-state index in [1.807, 2.05) is 10.6 Å². The van der Waals surface area contributed by atoms with Crippen molar-refractivity contribution >= 4 is 45.0 Å². The van der Waals surface area contributed by atoms with Crippen molar-refractivity contribution < 1.29 is 14.3 Å². The summed E-state index contributed by atoms with van der Waals surface area (Å²) in [5.74, 6) is -0.802. The molecule has 0 aliphatic heterocycles. The standard InChI is InChI=1S/C20H17ClN2O3S/c1-3-11-23-16-10-9-13(19(25)26-4-2)12-17(16)27-20(23)22-18(24)14-7-5-6-8-15(14)21/h3,5-10,12H,1,4,11H2,2H3. The van der Waals surface area contributed by atoms with E-state index < -0.39 is 5.91 Å². The fraction of sp³-hybridized carbons (Fsp3) is 0.150. The van der Waals surface area contributed by atoms with Gasteiger partial charge in [-0.3, -0.25) is 4.79 Å². The molecule has 0 saturated heterocycles. The Morgan fingerprint density at radius 3 is 2.78 bits per heavy atom. The van der Waals surface area contributed by atoms with Crippen LogP contribution in [-0.2, 0) is 11.3 Å². The first-order valence-corrected chi connectivity index (χ1v) is 9.49. The fourth-order valence-corrected chi connectivity index (χ4v) is 3.88. The zero-order valence-electron chi connectivity index (χ0n) is 14.6. The van der Waals surface area contributed by atoms with Crippen molar-refractivity contribution in [3.8, 4) is 0 Å². The highest BCUT2D eigenvalue weighted by atomic mass is 35.5. The number of halogens is 1. The molecular weight excluding hydrogens is 384 g/mol. The van der Waals surface area contributed by atoms with E-state index in [-0.39, 0.29) is 5.97 Å². The number of esters is 1. The normalized spacial score (nSPS) is 11.6. The SMILES string of the molecule is C=CCn1c(=NC(=O)c2ccccc2Cl)sc2cc(C(=O)OCC)ccc21. The second-order valence-electron chi connectivity index (χ2n) is 5.58. The lowest BCUT2D eigenvalue weighted by molar-refractivity contribution is 0.0526. The Bertz CT molecular complexity index is 1100. The predicted octanol–water partition coefficient (Wildman–Crippen LogP) is 4.46. The zero-order valence-corrected chi connectivity index (χ0v) is 16.2. The molecule has 0 spiro atoms. The van der Waals surface area contributed by atoms with Crippen molar-refractivity contribution in [2.45, 2.75) is 13.5 Å². The highest BCUT2D eigenvalue weighted by Crippen LogP contribution is 2.21. The molecule has 1 aromatic heterocycles. The number of benzene rings is 2. The van der Waals surface area contributed by atoms with Crippen LogP contribution in [0.5, 0.6) is 0 Å². The van der Waals surface area contributed by atoms with Gasteiger partial charge < -0.3 is 9.30 Å². The quantitative estimate of drug-likeness (QED) is 0.469. The molecule has 7 heteroatoms. The van der Waals surface area contributed by atoms with Crippen LogP contribution >= 0.6 is 22.9 Å². The number of allylic oxidation sites excluding steroid dienone is 1. The van der Waals surface area contributed by atoms with Crippen LogP contribution in [0.2, 0.25) is 5.02 Å². The third-order valence-electron chi connectivity index (χ3n) is 3.81. The maximum atomic E-state index is 12.6. The number of amides is 1. The Labute approximate surface area is 165 Å². The molecule has 0 aliphatic rings. The van der Waals surface area contributed by atoms with E-state index in [0.717, 1.165) is 10.2 Å². The third-order valence-corrected chi connectivity index (χ3v) is 5.18. The Morgan fingerprint density at radius 1 is 1.30 bits per heavy atom. The Morgan fingerprint density at radius 2 is 2.07 bits per heavy atom. The molecule has 138 valence electrons. The molecule has 27 heavy (non-hydrogen) atoms. The fourth-order valence-electron chi connectivity index (χ4n) is 2.59. The summed E-state index contributed by atoms with van der Waals surface area (Å²) < 4.78 is 7.75. The molecule has 2 aromatic carbocycles. The number of aromatic nitrogens is 1. The minimum Gasteiger partial charge on any atom is -0.462 e. The molecule has 1 amide bonds. The first-order chi connectivity index (χ1) is 13.0. The minimum atomic E-state index is -0.421. The van der Waals surface area contributed by atoms with Crippen molar-refractivity contribution in [3.63, 3.8) is 0 Å². The van der Waals surface area contributed by atoms with Crippen LogP contribution in [0.4, 0.5) is 0 Å². The number of nitrogens with zero attached hydrogens (tertiary/aromatic N) is 2. The third kappa shape index (κ3) is 4.02. The summed E-state index contributed by atoms with van der Waals surface area (Å²) >= 11 is 7.42. The van der Waals surface area contributed by atoms with Crippen LogP contribution in [0.1, 0.15) is 27.6 Å². The van der Waals surface area contributed by atoms with Crippen LogP contribution in [0.25, 0.3) is 10.2 Å². The van der Waals surface area contributed by atoms with E-state index in [1.165, 1.54) is 11.3 Å². The Kier molecular flexibility index (Phi) is 5.88. The summed E-state index contributed by atoms with van der Waals surface area (Å²) in [6, 6.07) is 12.1. The minimum absolute atomic E-state index is 0.310. The molecule has 0 N–H and O–H groups in total. The monoisotopic (exact) mass is 400 g/mol. The number of carbonyl (C=O) groups excluding carboxylic acids is 2. The number of carbonyl (C=O) groups is 2. The van der Waals surface area contributed by atoms with Gasteiger partial charge in [-0.1, -0.05) is 41.1 Å². The topological polar surface area (TPSA) is 60.7 Å². The summed E-state index contributed by atoms with van der Waals surface area (Å²) in [5.41, 5.74) is 1.66. The number of thiazole rings is 1. The van der Waals surface area contributed by atoms with Gasteiger partial charge in [-0.2, -0.15) is 4.99 Å². The highest BCUT2D eigenvalue weighted by Gasteiger charge is 2.13. The second kappa shape index (κ2) is 8.33. The van der Waals surface area contributed by atoms with Crippen molar-refractivity contribution in [2.75, 3.05) is 6.61 Å². The maximum absolute atomic E-state index is 12.6. The van der Waals surface area contributed by atoms with Crippen molar-refractivity contribution in [3.05, 3.63) is 76.1 Å². The van der Waals surface area contributed by atoms with Gasteiger partial charge in [0.05, 0.1) is 33.0 Å². The second-order valence-corrected chi connectivity index (χ2v) is 7.00. The molecule has 0 bridgehead atoms. The predicted molar refractivity (Wildman–Crippen MR) is 107 cm³/mol. The highest BCUT2D eigenvalue weighted by molar-refractivity contribution is 7.16. The summed E-state index contributed by atoms with van der Waals surface area (Å²) in [7, 11) is 0. The van der Waals surface area contributed by atoms with E-state index in [9.17, 15) is 9.59 Å². The summed E-state index contributed by atoms with van der Waals surface area (Å²) in [6.45, 7) is 6.32. The number of ether oxygens (including phenoxy) is 1. The number of fused-ring (bicyclic) bond motifs is 1. The first-order valence-electron chi connectivity index (χ1n) is 8.30. The van der Waals surface area contributed by atoms with E-state index in [4.69, 9.17) is 16.3 Å². The van der Waals surface area contributed by atoms with Crippen LogP contribution in [0.3, 0.4) is 0 Å². The molecule has 0 atom stereocenters. The van der Waals surface area contributed by atoms with E-state index in [2.05, 4.69) is 11.6 Å². The number of hydrogen-bond acceptors (Lipinski definition) is 4. The Balaban J connectivity index is 2.12. The van der Waals surface area contributed by atoms with Gasteiger partial charge in [0.25, 0.3) is 5.91 Å². The molecule has 0 fully saturated rings. The van der Waals surface area contributed by atoms with Gasteiger partial charge in [-0.05, 0) is 37.3 Å². The first kappa shape index (κ1) is 19.1. The van der Waals surface area contributed by atoms with Gasteiger partial charge in [-0.15, -0.1) is 6.58 Å². The van der Waals surface area contributed by atoms with Gasteiger partial charge in [-0.25, -0.2) is 4.79 Å². The molecule has 0 aliphatic carbocycles. The van der Waals surface area contributed by atoms with E-state index >= 15 is 0 Å². The molecular formula is C20H17ClN2O3S. The van der Waals surface area contributed by atoms with Crippen LogP contribution in [0, 0.1) is 0 Å². The summed E-state index contributed by atoms with van der Waals surface area (Å²) in [4.78, 5) is 29.3. The lowest BCUT2D eigenvalue weighted by Gasteiger charge is -2.03. The maximum Gasteiger partial charge on any atom is 0.338 e. The molecule has 5 nitrogen and oxygen atoms in total. The van der Waals surface area contributed by atoms with Gasteiger partial charge in [0, 0.05) is 6.54 Å². The van der Waals surface area contributed by atoms with Crippen LogP contribution < -0.4 is 4.80 Å². The van der Waals surface area contributed by atoms with Gasteiger partial charge in [0.1, 0.15) is 0 Å². The number of hydrogen-bond donors (Lipinski definition) is 0. The largest absolute Gasteiger partial charge is 0.462 e. The van der Waals surface area contributed by atoms with Crippen molar-refractivity contribution in [1.82, 2.24) is 4.57 Å². The molecule has 3 aromatic rings. The molecule has 3 rings (SSSR count).